The topological polar surface area (TPSA) is 71.7 Å². The summed E-state index contributed by atoms with van der Waals surface area (Å²) in [5.41, 5.74) is 0. The van der Waals surface area contributed by atoms with Gasteiger partial charge in [0, 0.05) is 5.02 Å². The lowest BCUT2D eigenvalue weighted by Crippen LogP contribution is -2.34. The van der Waals surface area contributed by atoms with Gasteiger partial charge >= 0.3 is 0 Å². The number of amides is 1. The highest BCUT2D eigenvalue weighted by Crippen LogP contribution is 2.27. The number of aliphatic hydroxyl groups excluding tert-OH is 1. The number of carbonyl (C=O) groups is 1. The van der Waals surface area contributed by atoms with Crippen LogP contribution in [0.3, 0.4) is 0 Å². The van der Waals surface area contributed by atoms with Crippen molar-refractivity contribution in [1.82, 2.24) is 5.32 Å². The van der Waals surface area contributed by atoms with E-state index in [9.17, 15) is 9.90 Å². The number of benzene rings is 1. The molecule has 0 saturated heterocycles. The molecule has 1 unspecified atom stereocenters. The third-order valence-electron chi connectivity index (χ3n) is 2.66. The molecule has 1 amide bonds. The molecule has 0 aliphatic rings. The zero-order valence-electron chi connectivity index (χ0n) is 10.9. The van der Waals surface area contributed by atoms with Crippen molar-refractivity contribution in [2.75, 3.05) is 13.2 Å². The lowest BCUT2D eigenvalue weighted by Gasteiger charge is -2.14. The minimum absolute atomic E-state index is 0.238. The second-order valence-corrected chi connectivity index (χ2v) is 5.03. The van der Waals surface area contributed by atoms with Crippen LogP contribution in [0.5, 0.6) is 5.75 Å². The molecule has 2 aromatic rings. The summed E-state index contributed by atoms with van der Waals surface area (Å²) < 4.78 is 10.4. The first-order valence-corrected chi connectivity index (χ1v) is 6.87. The maximum absolute atomic E-state index is 11.8. The van der Waals surface area contributed by atoms with E-state index in [1.54, 1.807) is 24.3 Å². The lowest BCUT2D eigenvalue weighted by atomic mass is 10.2. The fourth-order valence-electron chi connectivity index (χ4n) is 1.67. The van der Waals surface area contributed by atoms with Crippen LogP contribution in [0.25, 0.3) is 0 Å². The van der Waals surface area contributed by atoms with Crippen LogP contribution in [0.4, 0.5) is 0 Å². The van der Waals surface area contributed by atoms with E-state index < -0.39 is 11.9 Å². The quantitative estimate of drug-likeness (QED) is 0.854. The average Bonchev–Trinajstić information content (AvgIpc) is 2.98. The van der Waals surface area contributed by atoms with Crippen LogP contribution >= 0.6 is 23.2 Å². The molecular weight excluding hydrogens is 317 g/mol. The van der Waals surface area contributed by atoms with Gasteiger partial charge < -0.3 is 19.6 Å². The van der Waals surface area contributed by atoms with Crippen LogP contribution in [0.1, 0.15) is 11.8 Å². The normalized spacial score (nSPS) is 12.0. The van der Waals surface area contributed by atoms with Crippen molar-refractivity contribution < 1.29 is 19.1 Å². The van der Waals surface area contributed by atoms with Gasteiger partial charge in [0.25, 0.3) is 5.91 Å². The molecule has 0 radical (unpaired) electrons. The highest BCUT2D eigenvalue weighted by atomic mass is 35.5. The van der Waals surface area contributed by atoms with Crippen LogP contribution in [0.15, 0.2) is 41.0 Å². The monoisotopic (exact) mass is 329 g/mol. The molecule has 0 aliphatic heterocycles. The predicted octanol–water partition coefficient (Wildman–Crippen LogP) is 2.82. The lowest BCUT2D eigenvalue weighted by molar-refractivity contribution is -0.124. The minimum Gasteiger partial charge on any atom is -0.482 e. The van der Waals surface area contributed by atoms with Crippen molar-refractivity contribution in [2.24, 2.45) is 0 Å². The van der Waals surface area contributed by atoms with E-state index in [1.165, 1.54) is 12.3 Å². The summed E-state index contributed by atoms with van der Waals surface area (Å²) >= 11 is 11.7. The van der Waals surface area contributed by atoms with E-state index in [-0.39, 0.29) is 13.2 Å². The van der Waals surface area contributed by atoms with E-state index >= 15 is 0 Å². The molecule has 1 aromatic carbocycles. The van der Waals surface area contributed by atoms with E-state index in [4.69, 9.17) is 32.4 Å². The molecule has 112 valence electrons. The Balaban J connectivity index is 1.89. The number of nitrogens with one attached hydrogen (secondary N) is 1. The number of aliphatic hydroxyl groups is 1. The van der Waals surface area contributed by atoms with E-state index in [2.05, 4.69) is 5.32 Å². The van der Waals surface area contributed by atoms with Crippen molar-refractivity contribution in [3.8, 4) is 5.75 Å². The van der Waals surface area contributed by atoms with E-state index in [0.29, 0.717) is 21.6 Å². The molecule has 0 fully saturated rings. The van der Waals surface area contributed by atoms with Gasteiger partial charge in [0.05, 0.1) is 17.9 Å². The summed E-state index contributed by atoms with van der Waals surface area (Å²) in [5.74, 6) is 0.418. The molecule has 2 rings (SSSR count). The van der Waals surface area contributed by atoms with Gasteiger partial charge in [0.15, 0.2) is 6.61 Å². The van der Waals surface area contributed by atoms with Crippen LogP contribution in [0, 0.1) is 0 Å². The first-order valence-electron chi connectivity index (χ1n) is 6.11. The summed E-state index contributed by atoms with van der Waals surface area (Å²) in [6.45, 7) is -0.514. The second kappa shape index (κ2) is 7.36. The Labute approximate surface area is 131 Å². The molecule has 0 saturated carbocycles. The smallest absolute Gasteiger partial charge is 0.258 e. The number of carbonyl (C=O) groups excluding carboxylic acids is 1. The summed E-state index contributed by atoms with van der Waals surface area (Å²) in [6, 6.07) is 7.44. The summed E-state index contributed by atoms with van der Waals surface area (Å²) in [6.07, 6.45) is 1.47. The van der Waals surface area contributed by atoms with Crippen LogP contribution in [-0.4, -0.2) is 24.2 Å². The molecule has 7 heteroatoms. The van der Waals surface area contributed by atoms with Gasteiger partial charge in [0.2, 0.25) is 0 Å². The Morgan fingerprint density at radius 3 is 2.81 bits per heavy atom. The van der Waals surface area contributed by atoms with Crippen LogP contribution in [-0.2, 0) is 4.79 Å². The van der Waals surface area contributed by atoms with Gasteiger partial charge in [-0.3, -0.25) is 4.79 Å². The molecule has 0 spiro atoms. The largest absolute Gasteiger partial charge is 0.482 e. The van der Waals surface area contributed by atoms with Gasteiger partial charge in [-0.1, -0.05) is 23.2 Å². The number of hydrogen-bond donors (Lipinski definition) is 2. The zero-order chi connectivity index (χ0) is 15.2. The van der Waals surface area contributed by atoms with Gasteiger partial charge in [0.1, 0.15) is 17.6 Å². The highest BCUT2D eigenvalue weighted by molar-refractivity contribution is 6.35. The Morgan fingerprint density at radius 1 is 1.38 bits per heavy atom. The predicted molar refractivity (Wildman–Crippen MR) is 78.6 cm³/mol. The maximum Gasteiger partial charge on any atom is 0.258 e. The molecular formula is C14H13Cl2NO4. The molecule has 1 aromatic heterocycles. The van der Waals surface area contributed by atoms with E-state index in [0.717, 1.165) is 0 Å². The Morgan fingerprint density at radius 2 is 2.19 bits per heavy atom. The van der Waals surface area contributed by atoms with Gasteiger partial charge in [-0.15, -0.1) is 0 Å². The third-order valence-corrected chi connectivity index (χ3v) is 3.19. The van der Waals surface area contributed by atoms with Crippen molar-refractivity contribution in [3.63, 3.8) is 0 Å². The maximum atomic E-state index is 11.8. The fraction of sp³-hybridized carbons (Fsp3) is 0.214. The second-order valence-electron chi connectivity index (χ2n) is 4.18. The third kappa shape index (κ3) is 4.39. The molecule has 0 bridgehead atoms. The van der Waals surface area contributed by atoms with Crippen LogP contribution in [0.2, 0.25) is 10.0 Å². The number of halogens is 2. The number of ether oxygens (including phenoxy) is 1. The molecule has 0 aliphatic carbocycles. The van der Waals surface area contributed by atoms with Gasteiger partial charge in [-0.2, -0.15) is 0 Å². The molecule has 1 heterocycles. The number of rotatable bonds is 6. The fourth-order valence-corrected chi connectivity index (χ4v) is 2.13. The standard InChI is InChI=1S/C14H13Cl2NO4/c15-9-3-4-12(10(16)6-9)21-8-14(19)17-11(7-18)13-2-1-5-20-13/h1-6,11,18H,7-8H2,(H,17,19). The van der Waals surface area contributed by atoms with Crippen molar-refractivity contribution in [2.45, 2.75) is 6.04 Å². The molecule has 1 atom stereocenters. The first-order chi connectivity index (χ1) is 10.1. The minimum atomic E-state index is -0.614. The average molecular weight is 330 g/mol. The van der Waals surface area contributed by atoms with Crippen LogP contribution < -0.4 is 10.1 Å². The van der Waals surface area contributed by atoms with Gasteiger partial charge in [-0.25, -0.2) is 0 Å². The Kier molecular flexibility index (Phi) is 5.50. The zero-order valence-corrected chi connectivity index (χ0v) is 12.4. The SMILES string of the molecule is O=C(COc1ccc(Cl)cc1Cl)NC(CO)c1ccco1. The van der Waals surface area contributed by atoms with Crippen molar-refractivity contribution in [3.05, 3.63) is 52.4 Å². The molecule has 21 heavy (non-hydrogen) atoms. The Bertz CT molecular complexity index is 601. The summed E-state index contributed by atoms with van der Waals surface area (Å²) in [5, 5.41) is 12.6. The summed E-state index contributed by atoms with van der Waals surface area (Å²) in [4.78, 5) is 11.8. The summed E-state index contributed by atoms with van der Waals surface area (Å²) in [7, 11) is 0. The molecule has 2 N–H and O–H groups in total. The first kappa shape index (κ1) is 15.7. The number of furan rings is 1. The van der Waals surface area contributed by atoms with Gasteiger partial charge in [-0.05, 0) is 30.3 Å². The number of hydrogen-bond acceptors (Lipinski definition) is 4. The molecule has 5 nitrogen and oxygen atoms in total. The Hall–Kier alpha value is -1.69. The van der Waals surface area contributed by atoms with Crippen molar-refractivity contribution >= 4 is 29.1 Å². The van der Waals surface area contributed by atoms with E-state index in [1.807, 2.05) is 0 Å². The highest BCUT2D eigenvalue weighted by Gasteiger charge is 2.16. The van der Waals surface area contributed by atoms with Crippen molar-refractivity contribution in [1.29, 1.82) is 0 Å².